The number of hydrogen-bond acceptors (Lipinski definition) is 3. The molecule has 0 radical (unpaired) electrons. The van der Waals surface area contributed by atoms with Crippen LogP contribution < -0.4 is 5.32 Å². The van der Waals surface area contributed by atoms with Gasteiger partial charge in [0.1, 0.15) is 5.60 Å². The van der Waals surface area contributed by atoms with E-state index in [2.05, 4.69) is 5.32 Å². The van der Waals surface area contributed by atoms with Gasteiger partial charge in [-0.1, -0.05) is 6.92 Å². The Morgan fingerprint density at radius 3 is 2.46 bits per heavy atom. The lowest BCUT2D eigenvalue weighted by Gasteiger charge is -2.27. The number of carbonyl (C=O) groups excluding carboxylic acids is 1. The minimum absolute atomic E-state index is 0.0272. The molecular weight excluding hydrogens is 170 g/mol. The summed E-state index contributed by atoms with van der Waals surface area (Å²) in [4.78, 5) is 11.0. The number of carbonyl (C=O) groups is 1. The summed E-state index contributed by atoms with van der Waals surface area (Å²) in [5.41, 5.74) is -0.431. The van der Waals surface area contributed by atoms with E-state index in [-0.39, 0.29) is 5.91 Å². The number of methoxy groups -OCH3 is 2. The van der Waals surface area contributed by atoms with E-state index < -0.39 is 5.60 Å². The number of ether oxygens (including phenoxy) is 2. The second kappa shape index (κ2) is 5.94. The van der Waals surface area contributed by atoms with Crippen molar-refractivity contribution in [2.24, 2.45) is 0 Å². The molecule has 1 N–H and O–H groups in total. The van der Waals surface area contributed by atoms with E-state index >= 15 is 0 Å². The third kappa shape index (κ3) is 4.85. The smallest absolute Gasteiger partial charge is 0.219 e. The Balaban J connectivity index is 3.89. The predicted molar refractivity (Wildman–Crippen MR) is 50.6 cm³/mol. The second-order valence-corrected chi connectivity index (χ2v) is 3.22. The summed E-state index contributed by atoms with van der Waals surface area (Å²) in [7, 11) is 3.22. The molecule has 0 aromatic heterocycles. The fourth-order valence-electron chi connectivity index (χ4n) is 0.898. The van der Waals surface area contributed by atoms with Crippen LogP contribution in [-0.2, 0) is 14.3 Å². The quantitative estimate of drug-likeness (QED) is 0.664. The molecule has 1 atom stereocenters. The van der Waals surface area contributed by atoms with E-state index in [1.165, 1.54) is 0 Å². The lowest BCUT2D eigenvalue weighted by atomic mass is 10.1. The summed E-state index contributed by atoms with van der Waals surface area (Å²) < 4.78 is 10.2. The van der Waals surface area contributed by atoms with Crippen molar-refractivity contribution in [3.63, 3.8) is 0 Å². The van der Waals surface area contributed by atoms with Gasteiger partial charge in [-0.2, -0.15) is 0 Å². The number of nitrogens with one attached hydrogen (secondary N) is 1. The van der Waals surface area contributed by atoms with Crippen molar-refractivity contribution < 1.29 is 14.3 Å². The second-order valence-electron chi connectivity index (χ2n) is 3.22. The van der Waals surface area contributed by atoms with Gasteiger partial charge in [-0.05, 0) is 6.92 Å². The predicted octanol–water partition coefficient (Wildman–Crippen LogP) is 0.564. The normalized spacial score (nSPS) is 15.1. The highest BCUT2D eigenvalue weighted by atomic mass is 16.5. The van der Waals surface area contributed by atoms with Gasteiger partial charge in [-0.15, -0.1) is 0 Å². The standard InChI is InChI=1S/C9H19NO3/c1-5-8(11)10-6-9(2,13-4)7-12-3/h5-7H2,1-4H3,(H,10,11)/t9-/m1/s1. The van der Waals surface area contributed by atoms with Gasteiger partial charge >= 0.3 is 0 Å². The van der Waals surface area contributed by atoms with E-state index in [0.717, 1.165) is 0 Å². The summed E-state index contributed by atoms with van der Waals surface area (Å²) in [5.74, 6) is 0.0272. The SMILES string of the molecule is CCC(=O)NC[C@](C)(COC)OC. The molecule has 78 valence electrons. The Labute approximate surface area is 79.6 Å². The molecule has 0 saturated heterocycles. The Bertz CT molecular complexity index is 161. The number of amides is 1. The average Bonchev–Trinajstić information content (AvgIpc) is 2.15. The van der Waals surface area contributed by atoms with Crippen molar-refractivity contribution in [2.45, 2.75) is 25.9 Å². The Kier molecular flexibility index (Phi) is 5.66. The van der Waals surface area contributed by atoms with Gasteiger partial charge < -0.3 is 14.8 Å². The molecule has 1 amide bonds. The fraction of sp³-hybridized carbons (Fsp3) is 0.889. The van der Waals surface area contributed by atoms with E-state index in [1.54, 1.807) is 14.2 Å². The highest BCUT2D eigenvalue weighted by Crippen LogP contribution is 2.07. The minimum Gasteiger partial charge on any atom is -0.382 e. The van der Waals surface area contributed by atoms with Gasteiger partial charge in [0.05, 0.1) is 6.61 Å². The van der Waals surface area contributed by atoms with E-state index in [1.807, 2.05) is 13.8 Å². The first-order valence-corrected chi connectivity index (χ1v) is 4.38. The first-order chi connectivity index (χ1) is 6.08. The molecule has 4 heteroatoms. The number of rotatable bonds is 6. The van der Waals surface area contributed by atoms with Crippen LogP contribution >= 0.6 is 0 Å². The highest BCUT2D eigenvalue weighted by Gasteiger charge is 2.23. The van der Waals surface area contributed by atoms with E-state index in [9.17, 15) is 4.79 Å². The van der Waals surface area contributed by atoms with Crippen molar-refractivity contribution >= 4 is 5.91 Å². The van der Waals surface area contributed by atoms with Crippen LogP contribution in [0, 0.1) is 0 Å². The van der Waals surface area contributed by atoms with Crippen molar-refractivity contribution in [3.8, 4) is 0 Å². The van der Waals surface area contributed by atoms with Gasteiger partial charge in [0.25, 0.3) is 0 Å². The van der Waals surface area contributed by atoms with Gasteiger partial charge in [0.15, 0.2) is 0 Å². The van der Waals surface area contributed by atoms with Crippen LogP contribution in [-0.4, -0.2) is 38.9 Å². The van der Waals surface area contributed by atoms with Crippen LogP contribution in [0.25, 0.3) is 0 Å². The molecule has 0 fully saturated rings. The van der Waals surface area contributed by atoms with Crippen LogP contribution in [0.5, 0.6) is 0 Å². The lowest BCUT2D eigenvalue weighted by molar-refractivity contribution is -0.123. The molecule has 0 saturated carbocycles. The third-order valence-electron chi connectivity index (χ3n) is 1.92. The zero-order valence-corrected chi connectivity index (χ0v) is 8.85. The first kappa shape index (κ1) is 12.4. The van der Waals surface area contributed by atoms with Crippen LogP contribution in [0.4, 0.5) is 0 Å². The topological polar surface area (TPSA) is 47.6 Å². The molecule has 0 aromatic carbocycles. The summed E-state index contributed by atoms with van der Waals surface area (Å²) in [6.07, 6.45) is 0.493. The van der Waals surface area contributed by atoms with Crippen molar-refractivity contribution in [3.05, 3.63) is 0 Å². The molecule has 0 unspecified atom stereocenters. The fourth-order valence-corrected chi connectivity index (χ4v) is 0.898. The molecule has 0 aliphatic rings. The molecule has 13 heavy (non-hydrogen) atoms. The molecule has 4 nitrogen and oxygen atoms in total. The van der Waals surface area contributed by atoms with Gasteiger partial charge in [0.2, 0.25) is 5.91 Å². The van der Waals surface area contributed by atoms with Gasteiger partial charge in [-0.25, -0.2) is 0 Å². The molecular formula is C9H19NO3. The van der Waals surface area contributed by atoms with Gasteiger partial charge in [-0.3, -0.25) is 4.79 Å². The Morgan fingerprint density at radius 1 is 1.46 bits per heavy atom. The van der Waals surface area contributed by atoms with E-state index in [4.69, 9.17) is 9.47 Å². The van der Waals surface area contributed by atoms with Crippen molar-refractivity contribution in [2.75, 3.05) is 27.4 Å². The van der Waals surface area contributed by atoms with Crippen LogP contribution in [0.2, 0.25) is 0 Å². The molecule has 0 aliphatic heterocycles. The largest absolute Gasteiger partial charge is 0.382 e. The van der Waals surface area contributed by atoms with Gasteiger partial charge in [0, 0.05) is 27.2 Å². The third-order valence-corrected chi connectivity index (χ3v) is 1.92. The van der Waals surface area contributed by atoms with Crippen LogP contribution in [0.1, 0.15) is 20.3 Å². The summed E-state index contributed by atoms with van der Waals surface area (Å²) >= 11 is 0. The monoisotopic (exact) mass is 189 g/mol. The minimum atomic E-state index is -0.431. The molecule has 0 bridgehead atoms. The molecule has 0 rings (SSSR count). The maximum Gasteiger partial charge on any atom is 0.219 e. The number of hydrogen-bond donors (Lipinski definition) is 1. The summed E-state index contributed by atoms with van der Waals surface area (Å²) in [5, 5.41) is 2.76. The van der Waals surface area contributed by atoms with Crippen LogP contribution in [0.3, 0.4) is 0 Å². The first-order valence-electron chi connectivity index (χ1n) is 4.38. The highest BCUT2D eigenvalue weighted by molar-refractivity contribution is 5.75. The molecule has 0 aliphatic carbocycles. The van der Waals surface area contributed by atoms with Crippen molar-refractivity contribution in [1.82, 2.24) is 5.32 Å². The Hall–Kier alpha value is -0.610. The zero-order valence-electron chi connectivity index (χ0n) is 8.85. The molecule has 0 heterocycles. The Morgan fingerprint density at radius 2 is 2.08 bits per heavy atom. The summed E-state index contributed by atoms with van der Waals surface area (Å²) in [6, 6.07) is 0. The van der Waals surface area contributed by atoms with Crippen molar-refractivity contribution in [1.29, 1.82) is 0 Å². The molecule has 0 spiro atoms. The molecule has 0 aromatic rings. The lowest BCUT2D eigenvalue weighted by Crippen LogP contribution is -2.45. The maximum absolute atomic E-state index is 11.0. The van der Waals surface area contributed by atoms with Crippen LogP contribution in [0.15, 0.2) is 0 Å². The average molecular weight is 189 g/mol. The summed E-state index contributed by atoms with van der Waals surface area (Å²) in [6.45, 7) is 4.65. The van der Waals surface area contributed by atoms with E-state index in [0.29, 0.717) is 19.6 Å². The maximum atomic E-state index is 11.0. The zero-order chi connectivity index (χ0) is 10.3.